The van der Waals surface area contributed by atoms with Crippen molar-refractivity contribution in [2.24, 2.45) is 0 Å². The van der Waals surface area contributed by atoms with E-state index in [0.29, 0.717) is 23.4 Å². The highest BCUT2D eigenvalue weighted by molar-refractivity contribution is 6.00. The number of hydrogen-bond acceptors (Lipinski definition) is 3. The van der Waals surface area contributed by atoms with Crippen molar-refractivity contribution in [1.82, 2.24) is 10.6 Å². The lowest BCUT2D eigenvalue weighted by molar-refractivity contribution is -0.115. The Bertz CT molecular complexity index is 1030. The summed E-state index contributed by atoms with van der Waals surface area (Å²) in [4.78, 5) is 36.4. The summed E-state index contributed by atoms with van der Waals surface area (Å²) in [5.74, 6) is -0.819. The Balaban J connectivity index is 1.49. The van der Waals surface area contributed by atoms with Crippen LogP contribution < -0.4 is 16.0 Å². The van der Waals surface area contributed by atoms with E-state index in [1.165, 1.54) is 0 Å². The third-order valence-corrected chi connectivity index (χ3v) is 4.63. The first-order valence-corrected chi connectivity index (χ1v) is 10.2. The maximum absolute atomic E-state index is 12.3. The van der Waals surface area contributed by atoms with E-state index in [-0.39, 0.29) is 24.3 Å². The van der Waals surface area contributed by atoms with Gasteiger partial charge in [0.1, 0.15) is 0 Å². The molecule has 3 amide bonds. The number of amides is 3. The number of hydrogen-bond donors (Lipinski definition) is 3. The summed E-state index contributed by atoms with van der Waals surface area (Å²) in [7, 11) is 0. The molecule has 0 aliphatic carbocycles. The molecule has 0 saturated carbocycles. The van der Waals surface area contributed by atoms with E-state index in [1.54, 1.807) is 36.4 Å². The van der Waals surface area contributed by atoms with Crippen molar-refractivity contribution in [3.05, 3.63) is 90.0 Å². The van der Waals surface area contributed by atoms with Crippen molar-refractivity contribution in [2.45, 2.75) is 13.3 Å². The second kappa shape index (κ2) is 10.7. The molecular formula is C25H25N3O3. The second-order valence-corrected chi connectivity index (χ2v) is 7.01. The van der Waals surface area contributed by atoms with Crippen molar-refractivity contribution in [1.29, 1.82) is 0 Å². The summed E-state index contributed by atoms with van der Waals surface area (Å²) in [5, 5.41) is 8.12. The van der Waals surface area contributed by atoms with E-state index < -0.39 is 0 Å². The van der Waals surface area contributed by atoms with Gasteiger partial charge in [0, 0.05) is 23.4 Å². The molecule has 0 saturated heterocycles. The van der Waals surface area contributed by atoms with E-state index in [2.05, 4.69) is 16.0 Å². The Morgan fingerprint density at radius 1 is 0.677 bits per heavy atom. The van der Waals surface area contributed by atoms with Crippen LogP contribution in [0.5, 0.6) is 0 Å². The minimum atomic E-state index is -0.350. The minimum Gasteiger partial charge on any atom is -0.352 e. The largest absolute Gasteiger partial charge is 0.352 e. The first kappa shape index (κ1) is 21.8. The van der Waals surface area contributed by atoms with Crippen molar-refractivity contribution in [3.8, 4) is 11.1 Å². The molecule has 31 heavy (non-hydrogen) atoms. The summed E-state index contributed by atoms with van der Waals surface area (Å²) in [6.45, 7) is 2.45. The van der Waals surface area contributed by atoms with Gasteiger partial charge in [-0.3, -0.25) is 14.4 Å². The van der Waals surface area contributed by atoms with Crippen LogP contribution in [0.15, 0.2) is 78.9 Å². The third kappa shape index (κ3) is 6.27. The van der Waals surface area contributed by atoms with Gasteiger partial charge < -0.3 is 16.0 Å². The fraction of sp³-hybridized carbons (Fsp3) is 0.160. The number of carbonyl (C=O) groups is 3. The van der Waals surface area contributed by atoms with Crippen molar-refractivity contribution >= 4 is 23.4 Å². The van der Waals surface area contributed by atoms with Gasteiger partial charge in [-0.2, -0.15) is 0 Å². The zero-order chi connectivity index (χ0) is 22.1. The highest BCUT2D eigenvalue weighted by Gasteiger charge is 2.10. The van der Waals surface area contributed by atoms with Crippen molar-refractivity contribution in [2.75, 3.05) is 18.4 Å². The normalized spacial score (nSPS) is 10.2. The number of rotatable bonds is 8. The molecule has 3 rings (SSSR count). The van der Waals surface area contributed by atoms with Gasteiger partial charge in [0.05, 0.1) is 6.54 Å². The van der Waals surface area contributed by atoms with Gasteiger partial charge in [-0.1, -0.05) is 49.4 Å². The van der Waals surface area contributed by atoms with Gasteiger partial charge in [-0.05, 0) is 53.9 Å². The quantitative estimate of drug-likeness (QED) is 0.522. The lowest BCUT2D eigenvalue weighted by Gasteiger charge is -2.09. The molecular weight excluding hydrogens is 390 g/mol. The number of anilines is 1. The highest BCUT2D eigenvalue weighted by atomic mass is 16.2. The molecule has 0 aliphatic heterocycles. The monoisotopic (exact) mass is 415 g/mol. The van der Waals surface area contributed by atoms with Gasteiger partial charge in [0.25, 0.3) is 11.8 Å². The fourth-order valence-electron chi connectivity index (χ4n) is 2.96. The predicted molar refractivity (Wildman–Crippen MR) is 122 cm³/mol. The van der Waals surface area contributed by atoms with Crippen LogP contribution in [0.1, 0.15) is 34.1 Å². The summed E-state index contributed by atoms with van der Waals surface area (Å²) in [6.07, 6.45) is 0.864. The minimum absolute atomic E-state index is 0.148. The van der Waals surface area contributed by atoms with Crippen LogP contribution >= 0.6 is 0 Å². The Morgan fingerprint density at radius 3 is 1.84 bits per heavy atom. The first-order chi connectivity index (χ1) is 15.1. The van der Waals surface area contributed by atoms with Crippen molar-refractivity contribution < 1.29 is 14.4 Å². The van der Waals surface area contributed by atoms with Crippen LogP contribution in [0.4, 0.5) is 5.69 Å². The molecule has 0 bridgehead atoms. The molecule has 0 aromatic heterocycles. The van der Waals surface area contributed by atoms with Gasteiger partial charge in [0.15, 0.2) is 0 Å². The molecule has 3 N–H and O–H groups in total. The predicted octanol–water partition coefficient (Wildman–Crippen LogP) is 3.86. The molecule has 0 spiro atoms. The number of nitrogens with one attached hydrogen (secondary N) is 3. The number of benzene rings is 3. The maximum Gasteiger partial charge on any atom is 0.251 e. The van der Waals surface area contributed by atoms with E-state index >= 15 is 0 Å². The van der Waals surface area contributed by atoms with Crippen LogP contribution in [0.25, 0.3) is 11.1 Å². The molecule has 0 atom stereocenters. The summed E-state index contributed by atoms with van der Waals surface area (Å²) in [6, 6.07) is 23.7. The van der Waals surface area contributed by atoms with Crippen LogP contribution in [0.2, 0.25) is 0 Å². The summed E-state index contributed by atoms with van der Waals surface area (Å²) in [5.41, 5.74) is 3.65. The Hall–Kier alpha value is -3.93. The summed E-state index contributed by atoms with van der Waals surface area (Å²) >= 11 is 0. The zero-order valence-corrected chi connectivity index (χ0v) is 17.4. The maximum atomic E-state index is 12.3. The second-order valence-electron chi connectivity index (χ2n) is 7.01. The molecule has 0 heterocycles. The highest BCUT2D eigenvalue weighted by Crippen LogP contribution is 2.19. The van der Waals surface area contributed by atoms with Crippen LogP contribution in [0, 0.1) is 0 Å². The Morgan fingerprint density at radius 2 is 1.23 bits per heavy atom. The first-order valence-electron chi connectivity index (χ1n) is 10.2. The van der Waals surface area contributed by atoms with Gasteiger partial charge in [0.2, 0.25) is 5.91 Å². The van der Waals surface area contributed by atoms with Gasteiger partial charge in [-0.15, -0.1) is 0 Å². The standard InChI is InChI=1S/C25H25N3O3/c1-2-16-26-24(30)21-12-14-22(15-13-21)28-23(29)17-27-25(31)20-10-8-19(9-11-20)18-6-4-3-5-7-18/h3-15H,2,16-17H2,1H3,(H,26,30)(H,27,31)(H,28,29). The van der Waals surface area contributed by atoms with Crippen molar-refractivity contribution in [3.63, 3.8) is 0 Å². The molecule has 6 nitrogen and oxygen atoms in total. The lowest BCUT2D eigenvalue weighted by Crippen LogP contribution is -2.32. The molecule has 0 unspecified atom stereocenters. The zero-order valence-electron chi connectivity index (χ0n) is 17.4. The van der Waals surface area contributed by atoms with E-state index in [0.717, 1.165) is 17.5 Å². The van der Waals surface area contributed by atoms with E-state index in [1.807, 2.05) is 49.4 Å². The molecule has 0 radical (unpaired) electrons. The third-order valence-electron chi connectivity index (χ3n) is 4.63. The molecule has 6 heteroatoms. The molecule has 3 aromatic carbocycles. The van der Waals surface area contributed by atoms with Crippen LogP contribution in [-0.4, -0.2) is 30.8 Å². The smallest absolute Gasteiger partial charge is 0.251 e. The van der Waals surface area contributed by atoms with E-state index in [4.69, 9.17) is 0 Å². The molecule has 0 aliphatic rings. The average Bonchev–Trinajstić information content (AvgIpc) is 2.82. The number of carbonyl (C=O) groups excluding carboxylic acids is 3. The molecule has 0 fully saturated rings. The van der Waals surface area contributed by atoms with Crippen LogP contribution in [0.3, 0.4) is 0 Å². The van der Waals surface area contributed by atoms with E-state index in [9.17, 15) is 14.4 Å². The molecule has 3 aromatic rings. The Kier molecular flexibility index (Phi) is 7.54. The van der Waals surface area contributed by atoms with Gasteiger partial charge >= 0.3 is 0 Å². The molecule has 158 valence electrons. The SMILES string of the molecule is CCCNC(=O)c1ccc(NC(=O)CNC(=O)c2ccc(-c3ccccc3)cc2)cc1. The van der Waals surface area contributed by atoms with Gasteiger partial charge in [-0.25, -0.2) is 0 Å². The fourth-order valence-corrected chi connectivity index (χ4v) is 2.96. The topological polar surface area (TPSA) is 87.3 Å². The summed E-state index contributed by atoms with van der Waals surface area (Å²) < 4.78 is 0. The van der Waals surface area contributed by atoms with Crippen LogP contribution in [-0.2, 0) is 4.79 Å². The lowest BCUT2D eigenvalue weighted by atomic mass is 10.0. The average molecular weight is 415 g/mol. The Labute approximate surface area is 181 Å².